The average molecular weight is 268 g/mol. The molecule has 0 atom stereocenters. The van der Waals surface area contributed by atoms with E-state index in [9.17, 15) is 10.0 Å². The van der Waals surface area contributed by atoms with Crippen LogP contribution in [0.2, 0.25) is 0 Å². The standard InChI is InChI=1S/C16H14NO3/c1-12-5-8-14(9-6-12)16(18)10-7-13-3-2-4-15(11-13)17(19)20/h2-11,19H,1H3/q-1/b10-7+. The molecule has 2 aromatic rings. The first-order valence-electron chi connectivity index (χ1n) is 6.11. The fraction of sp³-hybridized carbons (Fsp3) is 0.0625. The first-order chi connectivity index (χ1) is 9.56. The zero-order chi connectivity index (χ0) is 14.5. The minimum atomic E-state index is -0.209. The van der Waals surface area contributed by atoms with Gasteiger partial charge >= 0.3 is 0 Å². The van der Waals surface area contributed by atoms with Crippen LogP contribution < -0.4 is 5.23 Å². The number of aryl methyl sites for hydroxylation is 1. The molecule has 0 saturated heterocycles. The van der Waals surface area contributed by atoms with Crippen LogP contribution in [0.1, 0.15) is 21.5 Å². The molecule has 4 heteroatoms. The van der Waals surface area contributed by atoms with Gasteiger partial charge < -0.3 is 10.4 Å². The zero-order valence-electron chi connectivity index (χ0n) is 11.0. The molecule has 0 spiro atoms. The molecule has 0 radical (unpaired) electrons. The third kappa shape index (κ3) is 3.54. The summed E-state index contributed by atoms with van der Waals surface area (Å²) in [5.74, 6) is -0.113. The molecule has 0 fully saturated rings. The topological polar surface area (TPSA) is 63.6 Å². The molecule has 0 aliphatic heterocycles. The van der Waals surface area contributed by atoms with Gasteiger partial charge in [0.1, 0.15) is 0 Å². The van der Waals surface area contributed by atoms with Crippen LogP contribution in [0.15, 0.2) is 54.6 Å². The predicted octanol–water partition coefficient (Wildman–Crippen LogP) is 3.58. The lowest BCUT2D eigenvalue weighted by atomic mass is 10.1. The average Bonchev–Trinajstić information content (AvgIpc) is 2.46. The van der Waals surface area contributed by atoms with Gasteiger partial charge in [-0.3, -0.25) is 10.0 Å². The Hall–Kier alpha value is -2.43. The van der Waals surface area contributed by atoms with Crippen LogP contribution in [-0.4, -0.2) is 11.0 Å². The molecule has 0 heterocycles. The van der Waals surface area contributed by atoms with Crippen LogP contribution in [0.5, 0.6) is 0 Å². The molecule has 0 bridgehead atoms. The summed E-state index contributed by atoms with van der Waals surface area (Å²) in [6.45, 7) is 1.96. The van der Waals surface area contributed by atoms with Crippen LogP contribution in [-0.2, 0) is 0 Å². The highest BCUT2D eigenvalue weighted by Crippen LogP contribution is 2.15. The Bertz CT molecular complexity index is 630. The van der Waals surface area contributed by atoms with Crippen LogP contribution in [0.3, 0.4) is 0 Å². The fourth-order valence-corrected chi connectivity index (χ4v) is 1.73. The highest BCUT2D eigenvalue weighted by molar-refractivity contribution is 6.06. The summed E-state index contributed by atoms with van der Waals surface area (Å²) in [4.78, 5) is 11.9. The number of hydrogen-bond donors (Lipinski definition) is 1. The number of hydrogen-bond acceptors (Lipinski definition) is 4. The molecule has 0 saturated carbocycles. The maximum atomic E-state index is 11.9. The molecule has 4 nitrogen and oxygen atoms in total. The van der Waals surface area contributed by atoms with Gasteiger partial charge in [0, 0.05) is 5.56 Å². The first kappa shape index (κ1) is 14.0. The Labute approximate surface area is 117 Å². The van der Waals surface area contributed by atoms with Crippen molar-refractivity contribution in [2.24, 2.45) is 0 Å². The van der Waals surface area contributed by atoms with Gasteiger partial charge in [0.05, 0.1) is 5.69 Å². The third-order valence-electron chi connectivity index (χ3n) is 2.85. The molecule has 0 aliphatic rings. The number of carbonyl (C=O) groups is 1. The normalized spacial score (nSPS) is 10.8. The summed E-state index contributed by atoms with van der Waals surface area (Å²) >= 11 is 0. The maximum Gasteiger partial charge on any atom is 0.185 e. The molecule has 2 rings (SSSR count). The molecule has 0 aliphatic carbocycles. The van der Waals surface area contributed by atoms with Gasteiger partial charge in [0.2, 0.25) is 0 Å². The van der Waals surface area contributed by atoms with Gasteiger partial charge in [-0.15, -0.1) is 0 Å². The van der Waals surface area contributed by atoms with Crippen molar-refractivity contribution in [2.45, 2.75) is 6.92 Å². The van der Waals surface area contributed by atoms with E-state index in [0.717, 1.165) is 5.56 Å². The van der Waals surface area contributed by atoms with Crippen LogP contribution in [0.25, 0.3) is 6.08 Å². The number of allylic oxidation sites excluding steroid dienone is 1. The molecule has 2 aromatic carbocycles. The summed E-state index contributed by atoms with van der Waals surface area (Å²) in [6.07, 6.45) is 3.05. The molecule has 1 N–H and O–H groups in total. The molecule has 0 amide bonds. The number of ketones is 1. The van der Waals surface area contributed by atoms with Crippen LogP contribution >= 0.6 is 0 Å². The van der Waals surface area contributed by atoms with E-state index in [2.05, 4.69) is 0 Å². The smallest absolute Gasteiger partial charge is 0.185 e. The second kappa shape index (κ2) is 6.14. The third-order valence-corrected chi connectivity index (χ3v) is 2.85. The Morgan fingerprint density at radius 1 is 1.20 bits per heavy atom. The van der Waals surface area contributed by atoms with Gasteiger partial charge in [-0.2, -0.15) is 0 Å². The van der Waals surface area contributed by atoms with E-state index in [1.54, 1.807) is 30.3 Å². The Kier molecular flexibility index (Phi) is 4.30. The number of rotatable bonds is 4. The Morgan fingerprint density at radius 2 is 1.90 bits per heavy atom. The second-order valence-corrected chi connectivity index (χ2v) is 4.43. The van der Waals surface area contributed by atoms with Crippen LogP contribution in [0, 0.1) is 12.1 Å². The van der Waals surface area contributed by atoms with Gasteiger partial charge in [0.25, 0.3) is 0 Å². The van der Waals surface area contributed by atoms with Crippen molar-refractivity contribution in [1.82, 2.24) is 0 Å². The number of benzene rings is 2. The fourth-order valence-electron chi connectivity index (χ4n) is 1.73. The summed E-state index contributed by atoms with van der Waals surface area (Å²) < 4.78 is 0. The first-order valence-corrected chi connectivity index (χ1v) is 6.11. The summed E-state index contributed by atoms with van der Waals surface area (Å²) in [7, 11) is 0. The van der Waals surface area contributed by atoms with E-state index in [4.69, 9.17) is 5.21 Å². The van der Waals surface area contributed by atoms with Crippen molar-refractivity contribution < 1.29 is 10.0 Å². The van der Waals surface area contributed by atoms with Crippen molar-refractivity contribution in [1.29, 1.82) is 0 Å². The lowest BCUT2D eigenvalue weighted by Crippen LogP contribution is -2.06. The highest BCUT2D eigenvalue weighted by Gasteiger charge is 2.00. The van der Waals surface area contributed by atoms with Gasteiger partial charge in [0.15, 0.2) is 5.78 Å². The van der Waals surface area contributed by atoms with Gasteiger partial charge in [-0.05, 0) is 30.7 Å². The van der Waals surface area contributed by atoms with Crippen LogP contribution in [0.4, 0.5) is 5.69 Å². The molecule has 20 heavy (non-hydrogen) atoms. The number of anilines is 1. The van der Waals surface area contributed by atoms with E-state index in [0.29, 0.717) is 11.1 Å². The maximum absolute atomic E-state index is 11.9. The molecular weight excluding hydrogens is 254 g/mol. The van der Waals surface area contributed by atoms with Gasteiger partial charge in [-0.25, -0.2) is 0 Å². The predicted molar refractivity (Wildman–Crippen MR) is 78.6 cm³/mol. The summed E-state index contributed by atoms with van der Waals surface area (Å²) in [5, 5.41) is 19.4. The van der Waals surface area contributed by atoms with E-state index < -0.39 is 0 Å². The number of carbonyl (C=O) groups excluding carboxylic acids is 1. The Morgan fingerprint density at radius 3 is 2.55 bits per heavy atom. The molecule has 0 aromatic heterocycles. The summed E-state index contributed by atoms with van der Waals surface area (Å²) in [5.41, 5.74) is 2.49. The Balaban J connectivity index is 2.14. The van der Waals surface area contributed by atoms with Crippen molar-refractivity contribution in [3.8, 4) is 0 Å². The quantitative estimate of drug-likeness (QED) is 0.523. The highest BCUT2D eigenvalue weighted by atomic mass is 16.8. The van der Waals surface area contributed by atoms with Crippen molar-refractivity contribution in [3.05, 3.63) is 76.5 Å². The zero-order valence-corrected chi connectivity index (χ0v) is 11.0. The van der Waals surface area contributed by atoms with E-state index in [1.165, 1.54) is 18.2 Å². The molecular formula is C16H14NO3-. The van der Waals surface area contributed by atoms with Gasteiger partial charge in [-0.1, -0.05) is 48.0 Å². The largest absolute Gasteiger partial charge is 0.733 e. The lowest BCUT2D eigenvalue weighted by molar-refractivity contribution is 0.104. The van der Waals surface area contributed by atoms with E-state index in [-0.39, 0.29) is 16.7 Å². The van der Waals surface area contributed by atoms with E-state index >= 15 is 0 Å². The minimum Gasteiger partial charge on any atom is -0.733 e. The van der Waals surface area contributed by atoms with E-state index in [1.807, 2.05) is 19.1 Å². The molecule has 102 valence electrons. The van der Waals surface area contributed by atoms with Crippen molar-refractivity contribution in [3.63, 3.8) is 0 Å². The summed E-state index contributed by atoms with van der Waals surface area (Å²) in [6, 6.07) is 13.6. The van der Waals surface area contributed by atoms with Crippen molar-refractivity contribution in [2.75, 3.05) is 5.23 Å². The monoisotopic (exact) mass is 268 g/mol. The minimum absolute atomic E-state index is 0.113. The van der Waals surface area contributed by atoms with Crippen molar-refractivity contribution >= 4 is 17.5 Å². The second-order valence-electron chi connectivity index (χ2n) is 4.43. The number of nitrogens with zero attached hydrogens (tertiary/aromatic N) is 1. The lowest BCUT2D eigenvalue weighted by Gasteiger charge is -2.21. The molecule has 0 unspecified atom stereocenters. The SMILES string of the molecule is Cc1ccc(C(=O)/C=C/c2cccc(N([O-])O)c2)cc1.